The number of para-hydroxylation sites is 1. The number of carbonyl (C=O) groups is 1. The van der Waals surface area contributed by atoms with E-state index in [-0.39, 0.29) is 16.7 Å². The highest BCUT2D eigenvalue weighted by atomic mass is 32.2. The molecular weight excluding hydrogens is 452 g/mol. The Morgan fingerprint density at radius 1 is 1.00 bits per heavy atom. The zero-order valence-corrected chi connectivity index (χ0v) is 19.7. The lowest BCUT2D eigenvalue weighted by molar-refractivity contribution is -0.120. The number of nitrogens with zero attached hydrogens (tertiary/aromatic N) is 1. The van der Waals surface area contributed by atoms with E-state index in [2.05, 4.69) is 5.32 Å². The fraction of sp³-hybridized carbons (Fsp3) is 0.269. The molecule has 1 aliphatic heterocycles. The Labute approximate surface area is 198 Å². The summed E-state index contributed by atoms with van der Waals surface area (Å²) in [5, 5.41) is 4.95. The van der Waals surface area contributed by atoms with Gasteiger partial charge in [0.15, 0.2) is 0 Å². The molecular formula is C26H26N2O5S. The summed E-state index contributed by atoms with van der Waals surface area (Å²) in [5.41, 5.74) is 2.28. The number of hydrogen-bond acceptors (Lipinski definition) is 5. The molecule has 8 heteroatoms. The molecule has 0 radical (unpaired) electrons. The van der Waals surface area contributed by atoms with Gasteiger partial charge in [-0.05, 0) is 68.3 Å². The minimum atomic E-state index is -3.60. The first-order valence-electron chi connectivity index (χ1n) is 11.4. The van der Waals surface area contributed by atoms with Crippen LogP contribution in [0.2, 0.25) is 0 Å². The maximum Gasteiger partial charge on any atom is 0.243 e. The van der Waals surface area contributed by atoms with Crippen LogP contribution in [0.15, 0.2) is 76.0 Å². The number of nitrogens with one attached hydrogen (secondary N) is 1. The molecule has 176 valence electrons. The van der Waals surface area contributed by atoms with Crippen LogP contribution < -0.4 is 10.1 Å². The van der Waals surface area contributed by atoms with Gasteiger partial charge in [0.05, 0.1) is 11.5 Å². The summed E-state index contributed by atoms with van der Waals surface area (Å²) in [6.45, 7) is 3.01. The monoisotopic (exact) mass is 478 g/mol. The summed E-state index contributed by atoms with van der Waals surface area (Å²) < 4.78 is 38.7. The van der Waals surface area contributed by atoms with Crippen molar-refractivity contribution < 1.29 is 22.4 Å². The summed E-state index contributed by atoms with van der Waals surface area (Å²) in [4.78, 5) is 13.2. The average Bonchev–Trinajstić information content (AvgIpc) is 3.23. The Balaban J connectivity index is 1.24. The Kier molecular flexibility index (Phi) is 6.02. The van der Waals surface area contributed by atoms with Crippen LogP contribution in [-0.2, 0) is 14.8 Å². The number of hydrogen-bond donors (Lipinski definition) is 1. The van der Waals surface area contributed by atoms with Crippen LogP contribution in [-0.4, -0.2) is 38.3 Å². The Hall–Kier alpha value is -3.36. The van der Waals surface area contributed by atoms with Gasteiger partial charge in [0.1, 0.15) is 16.9 Å². The summed E-state index contributed by atoms with van der Waals surface area (Å²) in [6.07, 6.45) is 0.942. The Bertz CT molecular complexity index is 1440. The number of carbonyl (C=O) groups excluding carboxylic acids is 1. The van der Waals surface area contributed by atoms with Gasteiger partial charge in [-0.2, -0.15) is 4.31 Å². The Morgan fingerprint density at radius 2 is 1.71 bits per heavy atom. The number of benzene rings is 3. The minimum absolute atomic E-state index is 0.0923. The highest BCUT2D eigenvalue weighted by molar-refractivity contribution is 7.89. The van der Waals surface area contributed by atoms with Gasteiger partial charge >= 0.3 is 0 Å². The van der Waals surface area contributed by atoms with Gasteiger partial charge in [-0.25, -0.2) is 8.42 Å². The van der Waals surface area contributed by atoms with Crippen molar-refractivity contribution in [3.8, 4) is 5.75 Å². The molecule has 4 aromatic rings. The van der Waals surface area contributed by atoms with E-state index in [9.17, 15) is 13.2 Å². The van der Waals surface area contributed by atoms with Crippen LogP contribution in [0.25, 0.3) is 21.9 Å². The molecule has 5 rings (SSSR count). The quantitative estimate of drug-likeness (QED) is 0.420. The number of furan rings is 1. The molecule has 1 N–H and O–H groups in total. The molecule has 34 heavy (non-hydrogen) atoms. The zero-order valence-electron chi connectivity index (χ0n) is 18.9. The fourth-order valence-electron chi connectivity index (χ4n) is 4.43. The normalized spacial score (nSPS) is 15.6. The van der Waals surface area contributed by atoms with Gasteiger partial charge in [-0.1, -0.05) is 18.2 Å². The average molecular weight is 479 g/mol. The molecule has 1 aromatic heterocycles. The lowest BCUT2D eigenvalue weighted by Gasteiger charge is -2.30. The molecule has 0 bridgehead atoms. The van der Waals surface area contributed by atoms with Crippen LogP contribution in [0.1, 0.15) is 19.8 Å². The largest absolute Gasteiger partial charge is 0.494 e. The van der Waals surface area contributed by atoms with E-state index in [1.54, 1.807) is 24.3 Å². The summed E-state index contributed by atoms with van der Waals surface area (Å²) in [7, 11) is -3.60. The predicted octanol–water partition coefficient (Wildman–Crippen LogP) is 5.02. The number of fused-ring (bicyclic) bond motifs is 3. The predicted molar refractivity (Wildman–Crippen MR) is 131 cm³/mol. The van der Waals surface area contributed by atoms with Crippen molar-refractivity contribution in [1.29, 1.82) is 0 Å². The van der Waals surface area contributed by atoms with Crippen molar-refractivity contribution in [2.45, 2.75) is 24.7 Å². The van der Waals surface area contributed by atoms with Crippen LogP contribution in [0.4, 0.5) is 5.69 Å². The Morgan fingerprint density at radius 3 is 2.44 bits per heavy atom. The lowest BCUT2D eigenvalue weighted by Crippen LogP contribution is -2.41. The van der Waals surface area contributed by atoms with Crippen LogP contribution in [0.5, 0.6) is 5.75 Å². The first-order chi connectivity index (χ1) is 16.5. The van der Waals surface area contributed by atoms with Gasteiger partial charge in [-0.15, -0.1) is 0 Å². The number of anilines is 1. The van der Waals surface area contributed by atoms with E-state index in [1.165, 1.54) is 4.31 Å². The second-order valence-corrected chi connectivity index (χ2v) is 10.3. The molecule has 3 aromatic carbocycles. The number of ether oxygens (including phenoxy) is 1. The molecule has 1 aliphatic rings. The number of sulfonamides is 1. The van der Waals surface area contributed by atoms with Crippen molar-refractivity contribution >= 4 is 43.6 Å². The van der Waals surface area contributed by atoms with E-state index >= 15 is 0 Å². The smallest absolute Gasteiger partial charge is 0.243 e. The third kappa shape index (κ3) is 4.26. The summed E-state index contributed by atoms with van der Waals surface area (Å²) in [6, 6.07) is 19.9. The highest BCUT2D eigenvalue weighted by Crippen LogP contribution is 2.31. The minimum Gasteiger partial charge on any atom is -0.494 e. The van der Waals surface area contributed by atoms with Crippen molar-refractivity contribution in [3.63, 3.8) is 0 Å². The van der Waals surface area contributed by atoms with Gasteiger partial charge < -0.3 is 14.5 Å². The van der Waals surface area contributed by atoms with Crippen molar-refractivity contribution in [1.82, 2.24) is 4.31 Å². The maximum absolute atomic E-state index is 13.0. The van der Waals surface area contributed by atoms with Gasteiger partial charge in [0.25, 0.3) is 0 Å². The zero-order chi connectivity index (χ0) is 23.7. The second-order valence-electron chi connectivity index (χ2n) is 8.38. The van der Waals surface area contributed by atoms with Crippen LogP contribution in [0.3, 0.4) is 0 Å². The molecule has 0 aliphatic carbocycles. The molecule has 0 spiro atoms. The second kappa shape index (κ2) is 9.12. The van der Waals surface area contributed by atoms with E-state index < -0.39 is 10.0 Å². The van der Waals surface area contributed by atoms with Crippen LogP contribution >= 0.6 is 0 Å². The number of piperidine rings is 1. The molecule has 0 atom stereocenters. The third-order valence-electron chi connectivity index (χ3n) is 6.24. The van der Waals surface area contributed by atoms with Crippen molar-refractivity contribution in [2.24, 2.45) is 5.92 Å². The third-order valence-corrected chi connectivity index (χ3v) is 8.15. The standard InChI is InChI=1S/C26H26N2O5S/c1-2-32-20-8-10-21(11-9-20)34(30,31)28-15-13-18(14-16-28)26(29)27-19-7-12-25-23(17-19)22-5-3-4-6-24(22)33-25/h3-12,17-18H,2,13-16H2,1H3,(H,27,29). The molecule has 1 fully saturated rings. The van der Waals surface area contributed by atoms with E-state index in [0.29, 0.717) is 44.0 Å². The summed E-state index contributed by atoms with van der Waals surface area (Å²) in [5.74, 6) is 0.298. The molecule has 1 amide bonds. The molecule has 0 unspecified atom stereocenters. The molecule has 1 saturated heterocycles. The van der Waals surface area contributed by atoms with Crippen molar-refractivity contribution in [2.75, 3.05) is 25.0 Å². The van der Waals surface area contributed by atoms with E-state index in [1.807, 2.05) is 49.4 Å². The number of rotatable bonds is 6. The van der Waals surface area contributed by atoms with E-state index in [4.69, 9.17) is 9.15 Å². The van der Waals surface area contributed by atoms with E-state index in [0.717, 1.165) is 21.9 Å². The van der Waals surface area contributed by atoms with Gasteiger partial charge in [-0.3, -0.25) is 4.79 Å². The molecule has 0 saturated carbocycles. The highest BCUT2D eigenvalue weighted by Gasteiger charge is 2.32. The topological polar surface area (TPSA) is 88.9 Å². The molecule has 2 heterocycles. The fourth-order valence-corrected chi connectivity index (χ4v) is 5.90. The lowest BCUT2D eigenvalue weighted by atomic mass is 9.97. The number of amides is 1. The first kappa shape index (κ1) is 22.4. The SMILES string of the molecule is CCOc1ccc(S(=O)(=O)N2CCC(C(=O)Nc3ccc4oc5ccccc5c4c3)CC2)cc1. The van der Waals surface area contributed by atoms with Crippen molar-refractivity contribution in [3.05, 3.63) is 66.7 Å². The summed E-state index contributed by atoms with van der Waals surface area (Å²) >= 11 is 0. The first-order valence-corrected chi connectivity index (χ1v) is 12.8. The van der Waals surface area contributed by atoms with Gasteiger partial charge in [0.2, 0.25) is 15.9 Å². The van der Waals surface area contributed by atoms with Gasteiger partial charge in [0, 0.05) is 35.5 Å². The maximum atomic E-state index is 13.0. The molecule has 7 nitrogen and oxygen atoms in total. The van der Waals surface area contributed by atoms with Crippen LogP contribution in [0, 0.1) is 5.92 Å².